The Balaban J connectivity index is 1.32. The minimum absolute atomic E-state index is 0.224. The molecular formula is C29H24N4O4. The number of hydrogen-bond donors (Lipinski definition) is 1. The summed E-state index contributed by atoms with van der Waals surface area (Å²) in [7, 11) is 1.65. The summed E-state index contributed by atoms with van der Waals surface area (Å²) in [4.78, 5) is 15.7. The maximum absolute atomic E-state index is 11.1. The van der Waals surface area contributed by atoms with Crippen molar-refractivity contribution >= 4 is 5.97 Å². The fourth-order valence-electron chi connectivity index (χ4n) is 3.92. The van der Waals surface area contributed by atoms with Gasteiger partial charge in [-0.05, 0) is 60.5 Å². The van der Waals surface area contributed by atoms with Crippen LogP contribution in [-0.2, 0) is 6.61 Å². The van der Waals surface area contributed by atoms with Crippen LogP contribution in [0.1, 0.15) is 21.5 Å². The third-order valence-corrected chi connectivity index (χ3v) is 5.92. The number of carboxylic acids is 1. The topological polar surface area (TPSA) is 99.4 Å². The van der Waals surface area contributed by atoms with Gasteiger partial charge in [-0.15, -0.1) is 5.10 Å². The highest BCUT2D eigenvalue weighted by molar-refractivity contribution is 5.88. The normalized spacial score (nSPS) is 10.8. The second-order valence-electron chi connectivity index (χ2n) is 8.45. The van der Waals surface area contributed by atoms with Crippen molar-refractivity contribution < 1.29 is 19.4 Å². The third-order valence-electron chi connectivity index (χ3n) is 5.92. The number of benzene rings is 3. The molecular weight excluding hydrogens is 468 g/mol. The first-order valence-electron chi connectivity index (χ1n) is 11.6. The molecule has 8 heteroatoms. The molecule has 0 amide bonds. The van der Waals surface area contributed by atoms with E-state index in [1.54, 1.807) is 48.5 Å². The van der Waals surface area contributed by atoms with Gasteiger partial charge in [0, 0.05) is 11.1 Å². The minimum Gasteiger partial charge on any atom is -0.497 e. The highest BCUT2D eigenvalue weighted by Crippen LogP contribution is 2.26. The molecule has 0 spiro atoms. The first-order chi connectivity index (χ1) is 18.0. The van der Waals surface area contributed by atoms with Gasteiger partial charge in [0.05, 0.1) is 36.4 Å². The van der Waals surface area contributed by atoms with Crippen molar-refractivity contribution in [1.82, 2.24) is 20.0 Å². The summed E-state index contributed by atoms with van der Waals surface area (Å²) < 4.78 is 12.9. The van der Waals surface area contributed by atoms with E-state index in [1.807, 2.05) is 61.5 Å². The van der Waals surface area contributed by atoms with Gasteiger partial charge >= 0.3 is 5.97 Å². The van der Waals surface area contributed by atoms with Gasteiger partial charge in [-0.1, -0.05) is 41.6 Å². The Bertz CT molecular complexity index is 1560. The maximum Gasteiger partial charge on any atom is 0.335 e. The van der Waals surface area contributed by atoms with Crippen LogP contribution in [0.15, 0.2) is 91.3 Å². The van der Waals surface area contributed by atoms with Crippen molar-refractivity contribution in [3.8, 4) is 39.7 Å². The van der Waals surface area contributed by atoms with E-state index in [-0.39, 0.29) is 5.56 Å². The average Bonchev–Trinajstić information content (AvgIpc) is 3.42. The lowest BCUT2D eigenvalue weighted by Gasteiger charge is -2.10. The maximum atomic E-state index is 11.1. The van der Waals surface area contributed by atoms with E-state index in [4.69, 9.17) is 14.6 Å². The van der Waals surface area contributed by atoms with Crippen LogP contribution in [0.3, 0.4) is 0 Å². The molecule has 0 saturated heterocycles. The predicted molar refractivity (Wildman–Crippen MR) is 139 cm³/mol. The fourth-order valence-corrected chi connectivity index (χ4v) is 3.92. The van der Waals surface area contributed by atoms with Crippen LogP contribution in [0.2, 0.25) is 0 Å². The molecule has 0 radical (unpaired) electrons. The SMILES string of the molecule is COc1cccc(COc2cccc(-c3cc(C)c(-n4cc(-c5ccc(C(=O)O)cc5)nn4)cn3)c2)c1. The van der Waals surface area contributed by atoms with Gasteiger partial charge in [-0.3, -0.25) is 4.98 Å². The Morgan fingerprint density at radius 1 is 0.919 bits per heavy atom. The van der Waals surface area contributed by atoms with Gasteiger partial charge in [0.2, 0.25) is 0 Å². The van der Waals surface area contributed by atoms with E-state index in [0.717, 1.165) is 45.1 Å². The number of aryl methyl sites for hydroxylation is 1. The number of aromatic carboxylic acids is 1. The molecule has 0 aliphatic carbocycles. The Kier molecular flexibility index (Phi) is 6.63. The summed E-state index contributed by atoms with van der Waals surface area (Å²) in [5.74, 6) is 0.579. The molecule has 0 atom stereocenters. The van der Waals surface area contributed by atoms with Crippen molar-refractivity contribution in [3.05, 3.63) is 108 Å². The van der Waals surface area contributed by atoms with Gasteiger partial charge in [-0.2, -0.15) is 0 Å². The van der Waals surface area contributed by atoms with Crippen molar-refractivity contribution in [3.63, 3.8) is 0 Å². The number of hydrogen-bond acceptors (Lipinski definition) is 6. The molecule has 0 bridgehead atoms. The average molecular weight is 493 g/mol. The predicted octanol–water partition coefficient (Wildman–Crippen LogP) is 5.59. The van der Waals surface area contributed by atoms with Crippen molar-refractivity contribution in [2.24, 2.45) is 0 Å². The van der Waals surface area contributed by atoms with Crippen LogP contribution < -0.4 is 9.47 Å². The molecule has 0 unspecified atom stereocenters. The van der Waals surface area contributed by atoms with Crippen molar-refractivity contribution in [1.29, 1.82) is 0 Å². The molecule has 0 fully saturated rings. The lowest BCUT2D eigenvalue weighted by atomic mass is 10.1. The first-order valence-corrected chi connectivity index (χ1v) is 11.6. The Labute approximate surface area is 213 Å². The molecule has 184 valence electrons. The van der Waals surface area contributed by atoms with E-state index in [1.165, 1.54) is 0 Å². The first kappa shape index (κ1) is 23.7. The summed E-state index contributed by atoms with van der Waals surface area (Å²) in [6.07, 6.45) is 3.56. The second-order valence-corrected chi connectivity index (χ2v) is 8.45. The Morgan fingerprint density at radius 2 is 1.70 bits per heavy atom. The number of ether oxygens (including phenoxy) is 2. The molecule has 37 heavy (non-hydrogen) atoms. The molecule has 5 rings (SSSR count). The summed E-state index contributed by atoms with van der Waals surface area (Å²) in [6, 6.07) is 24.2. The zero-order valence-electron chi connectivity index (χ0n) is 20.3. The zero-order chi connectivity index (χ0) is 25.8. The van der Waals surface area contributed by atoms with Crippen LogP contribution in [0.25, 0.3) is 28.2 Å². The van der Waals surface area contributed by atoms with Gasteiger partial charge in [0.25, 0.3) is 0 Å². The molecule has 8 nitrogen and oxygen atoms in total. The molecule has 2 heterocycles. The lowest BCUT2D eigenvalue weighted by Crippen LogP contribution is -2.00. The third kappa shape index (κ3) is 5.33. The van der Waals surface area contributed by atoms with Crippen LogP contribution >= 0.6 is 0 Å². The number of methoxy groups -OCH3 is 1. The van der Waals surface area contributed by atoms with E-state index >= 15 is 0 Å². The Hall–Kier alpha value is -4.98. The molecule has 0 aliphatic rings. The fraction of sp³-hybridized carbons (Fsp3) is 0.103. The molecule has 3 aromatic carbocycles. The summed E-state index contributed by atoms with van der Waals surface area (Å²) in [5, 5.41) is 17.6. The van der Waals surface area contributed by atoms with Crippen LogP contribution in [-0.4, -0.2) is 38.2 Å². The van der Waals surface area contributed by atoms with Crippen LogP contribution in [0, 0.1) is 6.92 Å². The van der Waals surface area contributed by atoms with Gasteiger partial charge in [0.1, 0.15) is 23.8 Å². The molecule has 0 saturated carbocycles. The number of pyridine rings is 1. The number of carboxylic acid groups (broad SMARTS) is 1. The summed E-state index contributed by atoms with van der Waals surface area (Å²) >= 11 is 0. The minimum atomic E-state index is -0.967. The van der Waals surface area contributed by atoms with E-state index in [9.17, 15) is 4.79 Å². The monoisotopic (exact) mass is 492 g/mol. The second kappa shape index (κ2) is 10.3. The Morgan fingerprint density at radius 3 is 2.46 bits per heavy atom. The molecule has 2 aromatic heterocycles. The summed E-state index contributed by atoms with van der Waals surface area (Å²) in [6.45, 7) is 2.42. The highest BCUT2D eigenvalue weighted by Gasteiger charge is 2.11. The molecule has 0 aliphatic heterocycles. The smallest absolute Gasteiger partial charge is 0.335 e. The highest BCUT2D eigenvalue weighted by atomic mass is 16.5. The van der Waals surface area contributed by atoms with Crippen molar-refractivity contribution in [2.75, 3.05) is 7.11 Å². The number of rotatable bonds is 8. The summed E-state index contributed by atoms with van der Waals surface area (Å²) in [5.41, 5.74) is 6.20. The number of carbonyl (C=O) groups is 1. The van der Waals surface area contributed by atoms with E-state index in [2.05, 4.69) is 15.3 Å². The largest absolute Gasteiger partial charge is 0.497 e. The number of aromatic nitrogens is 4. The standard InChI is InChI=1S/C29H24N4O4/c1-19-13-26(23-6-4-8-25(15-23)37-18-20-5-3-7-24(14-20)36-2)30-16-28(19)33-17-27(31-32-33)21-9-11-22(12-10-21)29(34)35/h3-17H,18H2,1-2H3,(H,34,35). The van der Waals surface area contributed by atoms with Gasteiger partial charge in [-0.25, -0.2) is 9.48 Å². The lowest BCUT2D eigenvalue weighted by molar-refractivity contribution is 0.0697. The number of nitrogens with zero attached hydrogens (tertiary/aromatic N) is 4. The van der Waals surface area contributed by atoms with Crippen molar-refractivity contribution in [2.45, 2.75) is 13.5 Å². The quantitative estimate of drug-likeness (QED) is 0.301. The molecule has 5 aromatic rings. The van der Waals surface area contributed by atoms with Gasteiger partial charge < -0.3 is 14.6 Å². The molecule has 1 N–H and O–H groups in total. The van der Waals surface area contributed by atoms with E-state index < -0.39 is 5.97 Å². The van der Waals surface area contributed by atoms with Crippen LogP contribution in [0.5, 0.6) is 11.5 Å². The van der Waals surface area contributed by atoms with Crippen LogP contribution in [0.4, 0.5) is 0 Å². The van der Waals surface area contributed by atoms with Gasteiger partial charge in [0.15, 0.2) is 0 Å². The van der Waals surface area contributed by atoms with E-state index in [0.29, 0.717) is 12.3 Å². The zero-order valence-corrected chi connectivity index (χ0v) is 20.3.